The molecule has 1 aliphatic carbocycles. The minimum Gasteiger partial charge on any atom is -0.399 e. The molecule has 0 spiro atoms. The quantitative estimate of drug-likeness (QED) is 0.665. The Morgan fingerprint density at radius 3 is 2.64 bits per heavy atom. The Hall–Kier alpha value is -2.89. The Labute approximate surface area is 147 Å². The van der Waals surface area contributed by atoms with E-state index in [2.05, 4.69) is 10.3 Å². The summed E-state index contributed by atoms with van der Waals surface area (Å²) in [6, 6.07) is 10.6. The third kappa shape index (κ3) is 3.79. The van der Waals surface area contributed by atoms with E-state index in [1.54, 1.807) is 48.4 Å². The second-order valence-corrected chi connectivity index (χ2v) is 6.30. The number of nitrogens with two attached hydrogens (primary N) is 1. The number of pyridine rings is 1. The van der Waals surface area contributed by atoms with Crippen LogP contribution in [0.5, 0.6) is 0 Å². The second kappa shape index (κ2) is 7.34. The van der Waals surface area contributed by atoms with E-state index in [1.807, 2.05) is 6.07 Å². The summed E-state index contributed by atoms with van der Waals surface area (Å²) in [5.41, 5.74) is 8.30. The van der Waals surface area contributed by atoms with Crippen LogP contribution in [0.2, 0.25) is 0 Å². The van der Waals surface area contributed by atoms with Crippen molar-refractivity contribution in [3.05, 3.63) is 48.3 Å². The number of carbonyl (C=O) groups excluding carboxylic acids is 2. The van der Waals surface area contributed by atoms with Gasteiger partial charge in [0.2, 0.25) is 0 Å². The predicted molar refractivity (Wildman–Crippen MR) is 98.2 cm³/mol. The third-order valence-electron chi connectivity index (χ3n) is 4.51. The lowest BCUT2D eigenvalue weighted by Gasteiger charge is -2.28. The summed E-state index contributed by atoms with van der Waals surface area (Å²) < 4.78 is 0. The maximum absolute atomic E-state index is 12.9. The molecule has 0 aliphatic heterocycles. The molecule has 1 saturated carbocycles. The van der Waals surface area contributed by atoms with Gasteiger partial charge in [-0.3, -0.25) is 14.6 Å². The highest BCUT2D eigenvalue weighted by molar-refractivity contribution is 6.44. The SMILES string of the molecule is Cc1ncccc1NC(=O)C(=O)N(c1cccc(N)c1)C1CCCC1. The number of aromatic nitrogens is 1. The summed E-state index contributed by atoms with van der Waals surface area (Å²) in [5.74, 6) is -1.23. The van der Waals surface area contributed by atoms with E-state index in [0.29, 0.717) is 22.8 Å². The van der Waals surface area contributed by atoms with Crippen LogP contribution in [-0.2, 0) is 9.59 Å². The van der Waals surface area contributed by atoms with Crippen LogP contribution in [0.4, 0.5) is 17.1 Å². The van der Waals surface area contributed by atoms with E-state index in [4.69, 9.17) is 5.73 Å². The lowest BCUT2D eigenvalue weighted by atomic mass is 10.1. The van der Waals surface area contributed by atoms with E-state index in [9.17, 15) is 9.59 Å². The average Bonchev–Trinajstić information content (AvgIpc) is 3.11. The molecule has 1 aromatic heterocycles. The molecule has 130 valence electrons. The van der Waals surface area contributed by atoms with Gasteiger partial charge in [0.05, 0.1) is 11.4 Å². The van der Waals surface area contributed by atoms with Crippen molar-refractivity contribution >= 4 is 28.9 Å². The first kappa shape index (κ1) is 17.0. The molecule has 1 fully saturated rings. The van der Waals surface area contributed by atoms with Crippen LogP contribution in [0.1, 0.15) is 31.4 Å². The van der Waals surface area contributed by atoms with E-state index >= 15 is 0 Å². The molecule has 3 N–H and O–H groups in total. The number of nitrogens with zero attached hydrogens (tertiary/aromatic N) is 2. The lowest BCUT2D eigenvalue weighted by molar-refractivity contribution is -0.134. The number of nitrogens with one attached hydrogen (secondary N) is 1. The molecule has 0 radical (unpaired) electrons. The number of hydrogen-bond donors (Lipinski definition) is 2. The molecule has 6 heteroatoms. The molecule has 1 aliphatic rings. The van der Waals surface area contributed by atoms with Crippen LogP contribution in [-0.4, -0.2) is 22.8 Å². The first-order valence-corrected chi connectivity index (χ1v) is 8.48. The van der Waals surface area contributed by atoms with Crippen LogP contribution in [0.15, 0.2) is 42.6 Å². The number of hydrogen-bond acceptors (Lipinski definition) is 4. The molecule has 25 heavy (non-hydrogen) atoms. The fraction of sp³-hybridized carbons (Fsp3) is 0.316. The first-order chi connectivity index (χ1) is 12.1. The third-order valence-corrected chi connectivity index (χ3v) is 4.51. The number of aryl methyl sites for hydroxylation is 1. The normalized spacial score (nSPS) is 14.3. The highest BCUT2D eigenvalue weighted by atomic mass is 16.2. The summed E-state index contributed by atoms with van der Waals surface area (Å²) >= 11 is 0. The van der Waals surface area contributed by atoms with Crippen molar-refractivity contribution in [2.24, 2.45) is 0 Å². The summed E-state index contributed by atoms with van der Waals surface area (Å²) in [5, 5.41) is 2.67. The summed E-state index contributed by atoms with van der Waals surface area (Å²) in [6.45, 7) is 1.78. The molecular weight excluding hydrogens is 316 g/mol. The summed E-state index contributed by atoms with van der Waals surface area (Å²) in [6.07, 6.45) is 5.53. The standard InChI is InChI=1S/C19H22N4O2/c1-13-17(10-5-11-21-13)22-18(24)19(25)23(15-7-2-3-8-15)16-9-4-6-14(20)12-16/h4-6,9-12,15H,2-3,7-8,20H2,1H3,(H,22,24). The number of amides is 2. The summed E-state index contributed by atoms with van der Waals surface area (Å²) in [4.78, 5) is 31.2. The highest BCUT2D eigenvalue weighted by Gasteiger charge is 2.32. The maximum atomic E-state index is 12.9. The van der Waals surface area contributed by atoms with Crippen LogP contribution in [0.25, 0.3) is 0 Å². The Kier molecular flexibility index (Phi) is 4.97. The fourth-order valence-electron chi connectivity index (χ4n) is 3.23. The zero-order valence-corrected chi connectivity index (χ0v) is 14.2. The van der Waals surface area contributed by atoms with Crippen molar-refractivity contribution in [2.45, 2.75) is 38.6 Å². The van der Waals surface area contributed by atoms with Gasteiger partial charge in [0.25, 0.3) is 0 Å². The van der Waals surface area contributed by atoms with Gasteiger partial charge in [-0.2, -0.15) is 0 Å². The van der Waals surface area contributed by atoms with Crippen LogP contribution < -0.4 is 16.0 Å². The Balaban J connectivity index is 1.86. The first-order valence-electron chi connectivity index (χ1n) is 8.48. The predicted octanol–water partition coefficient (Wildman–Crippen LogP) is 2.89. The average molecular weight is 338 g/mol. The van der Waals surface area contributed by atoms with E-state index in [-0.39, 0.29) is 6.04 Å². The molecule has 1 aromatic carbocycles. The molecule has 1 heterocycles. The second-order valence-electron chi connectivity index (χ2n) is 6.30. The van der Waals surface area contributed by atoms with Crippen molar-refractivity contribution in [3.8, 4) is 0 Å². The molecule has 6 nitrogen and oxygen atoms in total. The van der Waals surface area contributed by atoms with Gasteiger partial charge in [-0.1, -0.05) is 18.9 Å². The minimum absolute atomic E-state index is 0.0232. The summed E-state index contributed by atoms with van der Waals surface area (Å²) in [7, 11) is 0. The molecule has 0 bridgehead atoms. The molecule has 0 unspecified atom stereocenters. The Bertz CT molecular complexity index is 784. The molecular formula is C19H22N4O2. The topological polar surface area (TPSA) is 88.3 Å². The van der Waals surface area contributed by atoms with Crippen molar-refractivity contribution in [1.29, 1.82) is 0 Å². The van der Waals surface area contributed by atoms with Gasteiger partial charge in [0.15, 0.2) is 0 Å². The van der Waals surface area contributed by atoms with Crippen molar-refractivity contribution in [2.75, 3.05) is 16.0 Å². The molecule has 2 aromatic rings. The van der Waals surface area contributed by atoms with Crippen molar-refractivity contribution in [3.63, 3.8) is 0 Å². The molecule has 0 saturated heterocycles. The van der Waals surface area contributed by atoms with E-state index < -0.39 is 11.8 Å². The van der Waals surface area contributed by atoms with Gasteiger partial charge in [-0.25, -0.2) is 0 Å². The van der Waals surface area contributed by atoms with E-state index in [1.165, 1.54) is 0 Å². The maximum Gasteiger partial charge on any atom is 0.316 e. The van der Waals surface area contributed by atoms with Gasteiger partial charge < -0.3 is 16.0 Å². The number of anilines is 3. The van der Waals surface area contributed by atoms with Crippen molar-refractivity contribution < 1.29 is 9.59 Å². The monoisotopic (exact) mass is 338 g/mol. The zero-order chi connectivity index (χ0) is 17.8. The Morgan fingerprint density at radius 2 is 1.96 bits per heavy atom. The lowest BCUT2D eigenvalue weighted by Crippen LogP contribution is -2.45. The Morgan fingerprint density at radius 1 is 1.20 bits per heavy atom. The van der Waals surface area contributed by atoms with Crippen LogP contribution in [0.3, 0.4) is 0 Å². The fourth-order valence-corrected chi connectivity index (χ4v) is 3.23. The number of nitrogen functional groups attached to an aromatic ring is 1. The van der Waals surface area contributed by atoms with Crippen LogP contribution >= 0.6 is 0 Å². The van der Waals surface area contributed by atoms with Crippen LogP contribution in [0, 0.1) is 6.92 Å². The zero-order valence-electron chi connectivity index (χ0n) is 14.2. The minimum atomic E-state index is -0.662. The largest absolute Gasteiger partial charge is 0.399 e. The van der Waals surface area contributed by atoms with Crippen molar-refractivity contribution in [1.82, 2.24) is 4.98 Å². The number of rotatable bonds is 3. The highest BCUT2D eigenvalue weighted by Crippen LogP contribution is 2.29. The van der Waals surface area contributed by atoms with Gasteiger partial charge in [-0.05, 0) is 50.1 Å². The molecule has 0 atom stereocenters. The van der Waals surface area contributed by atoms with Gasteiger partial charge in [0, 0.05) is 23.6 Å². The van der Waals surface area contributed by atoms with Gasteiger partial charge >= 0.3 is 11.8 Å². The van der Waals surface area contributed by atoms with Gasteiger partial charge in [-0.15, -0.1) is 0 Å². The van der Waals surface area contributed by atoms with E-state index in [0.717, 1.165) is 25.7 Å². The number of carbonyl (C=O) groups is 2. The smallest absolute Gasteiger partial charge is 0.316 e. The van der Waals surface area contributed by atoms with Gasteiger partial charge in [0.1, 0.15) is 0 Å². The molecule has 2 amide bonds. The number of benzene rings is 1. The molecule has 3 rings (SSSR count).